The maximum atomic E-state index is 12.5. The molecule has 1 aliphatic heterocycles. The molecule has 2 aromatic rings. The van der Waals surface area contributed by atoms with Crippen molar-refractivity contribution in [1.29, 1.82) is 0 Å². The summed E-state index contributed by atoms with van der Waals surface area (Å²) in [5.41, 5.74) is 1.71. The zero-order valence-corrected chi connectivity index (χ0v) is 16.5. The van der Waals surface area contributed by atoms with Crippen molar-refractivity contribution >= 4 is 23.4 Å². The van der Waals surface area contributed by atoms with Gasteiger partial charge in [-0.2, -0.15) is 0 Å². The summed E-state index contributed by atoms with van der Waals surface area (Å²) in [5, 5.41) is 5.72. The van der Waals surface area contributed by atoms with Crippen molar-refractivity contribution in [3.05, 3.63) is 66.2 Å². The van der Waals surface area contributed by atoms with Crippen LogP contribution in [0.2, 0.25) is 0 Å². The van der Waals surface area contributed by atoms with Crippen molar-refractivity contribution in [1.82, 2.24) is 10.2 Å². The fraction of sp³-hybridized carbons (Fsp3) is 0.348. The molecule has 2 N–H and O–H groups in total. The van der Waals surface area contributed by atoms with Crippen molar-refractivity contribution in [2.24, 2.45) is 5.92 Å². The molecule has 1 atom stereocenters. The molecule has 0 spiro atoms. The molecule has 1 heterocycles. The second kappa shape index (κ2) is 10.4. The fourth-order valence-electron chi connectivity index (χ4n) is 3.49. The van der Waals surface area contributed by atoms with Gasteiger partial charge >= 0.3 is 0 Å². The van der Waals surface area contributed by atoms with Crippen molar-refractivity contribution in [3.8, 4) is 0 Å². The summed E-state index contributed by atoms with van der Waals surface area (Å²) in [6.45, 7) is 1.39. The van der Waals surface area contributed by atoms with Crippen LogP contribution in [-0.2, 0) is 20.8 Å². The van der Waals surface area contributed by atoms with Crippen LogP contribution in [0.15, 0.2) is 60.7 Å². The van der Waals surface area contributed by atoms with Crippen molar-refractivity contribution in [2.75, 3.05) is 25.0 Å². The molecule has 1 saturated heterocycles. The quantitative estimate of drug-likeness (QED) is 0.759. The van der Waals surface area contributed by atoms with Crippen molar-refractivity contribution in [2.45, 2.75) is 25.7 Å². The Morgan fingerprint density at radius 3 is 2.38 bits per heavy atom. The molecule has 2 aromatic carbocycles. The number of piperidine rings is 1. The Kier molecular flexibility index (Phi) is 7.39. The first-order valence-electron chi connectivity index (χ1n) is 10.1. The van der Waals surface area contributed by atoms with Gasteiger partial charge in [0.15, 0.2) is 0 Å². The van der Waals surface area contributed by atoms with E-state index >= 15 is 0 Å². The van der Waals surface area contributed by atoms with Crippen molar-refractivity contribution < 1.29 is 14.4 Å². The highest BCUT2D eigenvalue weighted by molar-refractivity contribution is 5.93. The number of nitrogens with one attached hydrogen (secondary N) is 2. The number of hydrogen-bond donors (Lipinski definition) is 2. The number of nitrogens with zero attached hydrogens (tertiary/aromatic N) is 1. The summed E-state index contributed by atoms with van der Waals surface area (Å²) < 4.78 is 0. The summed E-state index contributed by atoms with van der Waals surface area (Å²) in [7, 11) is 0. The van der Waals surface area contributed by atoms with Gasteiger partial charge in [-0.05, 0) is 30.5 Å². The highest BCUT2D eigenvalue weighted by Gasteiger charge is 2.28. The van der Waals surface area contributed by atoms with Gasteiger partial charge in [0, 0.05) is 31.7 Å². The zero-order valence-electron chi connectivity index (χ0n) is 16.5. The van der Waals surface area contributed by atoms with Crippen LogP contribution >= 0.6 is 0 Å². The minimum atomic E-state index is -0.208. The lowest BCUT2D eigenvalue weighted by Gasteiger charge is -2.32. The molecule has 0 bridgehead atoms. The second-order valence-electron chi connectivity index (χ2n) is 7.30. The molecule has 0 aromatic heterocycles. The first-order valence-corrected chi connectivity index (χ1v) is 10.1. The van der Waals surface area contributed by atoms with Crippen LogP contribution in [0.1, 0.15) is 24.8 Å². The molecule has 6 nitrogen and oxygen atoms in total. The van der Waals surface area contributed by atoms with Crippen LogP contribution in [-0.4, -0.2) is 42.3 Å². The van der Waals surface area contributed by atoms with Gasteiger partial charge in [0.05, 0.1) is 12.3 Å². The van der Waals surface area contributed by atoms with E-state index in [1.165, 1.54) is 0 Å². The van der Waals surface area contributed by atoms with Crippen molar-refractivity contribution in [3.63, 3.8) is 0 Å². The molecule has 3 rings (SSSR count). The standard InChI is InChI=1S/C23H27N3O3/c27-21(16-18-8-3-1-4-9-18)24-14-13-22(28)26-15-7-10-19(17-26)23(29)25-20-11-5-2-6-12-20/h1-6,8-9,11-12,19H,7,10,13-17H2,(H,24,27)(H,25,29). The number of hydrogen-bond acceptors (Lipinski definition) is 3. The number of carbonyl (C=O) groups excluding carboxylic acids is 3. The summed E-state index contributed by atoms with van der Waals surface area (Å²) in [6.07, 6.45) is 2.13. The average Bonchev–Trinajstić information content (AvgIpc) is 2.75. The molecule has 0 radical (unpaired) electrons. The first-order chi connectivity index (χ1) is 14.1. The maximum Gasteiger partial charge on any atom is 0.229 e. The fourth-order valence-corrected chi connectivity index (χ4v) is 3.49. The van der Waals surface area contributed by atoms with Crippen LogP contribution < -0.4 is 10.6 Å². The van der Waals surface area contributed by atoms with E-state index in [1.54, 1.807) is 4.90 Å². The molecular weight excluding hydrogens is 366 g/mol. The molecule has 1 aliphatic rings. The van der Waals surface area contributed by atoms with Gasteiger partial charge in [0.25, 0.3) is 0 Å². The number of anilines is 1. The number of likely N-dealkylation sites (tertiary alicyclic amines) is 1. The molecule has 6 heteroatoms. The van der Waals surface area contributed by atoms with E-state index in [4.69, 9.17) is 0 Å². The Hall–Kier alpha value is -3.15. The molecule has 1 fully saturated rings. The Bertz CT molecular complexity index is 824. The third-order valence-corrected chi connectivity index (χ3v) is 5.05. The predicted octanol–water partition coefficient (Wildman–Crippen LogP) is 2.61. The lowest BCUT2D eigenvalue weighted by atomic mass is 9.96. The molecule has 152 valence electrons. The number of rotatable bonds is 7. The van der Waals surface area contributed by atoms with E-state index in [1.807, 2.05) is 60.7 Å². The first kappa shape index (κ1) is 20.6. The van der Waals surface area contributed by atoms with Crippen LogP contribution in [0.25, 0.3) is 0 Å². The van der Waals surface area contributed by atoms with Gasteiger partial charge in [-0.15, -0.1) is 0 Å². The van der Waals surface area contributed by atoms with Gasteiger partial charge in [0.1, 0.15) is 0 Å². The van der Waals surface area contributed by atoms with Crippen LogP contribution in [0.4, 0.5) is 5.69 Å². The lowest BCUT2D eigenvalue weighted by Crippen LogP contribution is -2.44. The van der Waals surface area contributed by atoms with E-state index in [9.17, 15) is 14.4 Å². The zero-order chi connectivity index (χ0) is 20.5. The monoisotopic (exact) mass is 393 g/mol. The summed E-state index contributed by atoms with van der Waals surface area (Å²) in [4.78, 5) is 38.7. The van der Waals surface area contributed by atoms with E-state index < -0.39 is 0 Å². The largest absolute Gasteiger partial charge is 0.355 e. The van der Waals surface area contributed by atoms with E-state index in [0.29, 0.717) is 26.1 Å². The molecular formula is C23H27N3O3. The van der Waals surface area contributed by atoms with Gasteiger partial charge in [-0.3, -0.25) is 14.4 Å². The van der Waals surface area contributed by atoms with E-state index in [2.05, 4.69) is 10.6 Å². The Balaban J connectivity index is 1.41. The summed E-state index contributed by atoms with van der Waals surface area (Å²) >= 11 is 0. The Morgan fingerprint density at radius 2 is 1.66 bits per heavy atom. The number of carbonyl (C=O) groups is 3. The second-order valence-corrected chi connectivity index (χ2v) is 7.30. The SMILES string of the molecule is O=C(Cc1ccccc1)NCCC(=O)N1CCCC(C(=O)Nc2ccccc2)C1. The minimum Gasteiger partial charge on any atom is -0.355 e. The van der Waals surface area contributed by atoms with Crippen LogP contribution in [0, 0.1) is 5.92 Å². The molecule has 1 unspecified atom stereocenters. The lowest BCUT2D eigenvalue weighted by molar-refractivity contribution is -0.134. The van der Waals surface area contributed by atoms with Crippen LogP contribution in [0.5, 0.6) is 0 Å². The third kappa shape index (κ3) is 6.45. The van der Waals surface area contributed by atoms with Gasteiger partial charge in [-0.1, -0.05) is 48.5 Å². The predicted molar refractivity (Wildman–Crippen MR) is 112 cm³/mol. The van der Waals surface area contributed by atoms with Gasteiger partial charge in [0.2, 0.25) is 17.7 Å². The highest BCUT2D eigenvalue weighted by Crippen LogP contribution is 2.19. The van der Waals surface area contributed by atoms with Gasteiger partial charge < -0.3 is 15.5 Å². The number of amides is 3. The third-order valence-electron chi connectivity index (χ3n) is 5.05. The Morgan fingerprint density at radius 1 is 0.966 bits per heavy atom. The smallest absolute Gasteiger partial charge is 0.229 e. The number of para-hydroxylation sites is 1. The minimum absolute atomic E-state index is 0.0257. The highest BCUT2D eigenvalue weighted by atomic mass is 16.2. The average molecular weight is 393 g/mol. The topological polar surface area (TPSA) is 78.5 Å². The van der Waals surface area contributed by atoms with E-state index in [0.717, 1.165) is 24.1 Å². The molecule has 29 heavy (non-hydrogen) atoms. The van der Waals surface area contributed by atoms with E-state index in [-0.39, 0.29) is 30.1 Å². The summed E-state index contributed by atoms with van der Waals surface area (Å²) in [5.74, 6) is -0.379. The molecule has 3 amide bonds. The molecule has 0 aliphatic carbocycles. The van der Waals surface area contributed by atoms with Gasteiger partial charge in [-0.25, -0.2) is 0 Å². The number of benzene rings is 2. The molecule has 0 saturated carbocycles. The maximum absolute atomic E-state index is 12.5. The Labute approximate surface area is 171 Å². The van der Waals surface area contributed by atoms with Crippen LogP contribution in [0.3, 0.4) is 0 Å². The summed E-state index contributed by atoms with van der Waals surface area (Å²) in [6, 6.07) is 18.8. The normalized spacial score (nSPS) is 16.1.